The first kappa shape index (κ1) is 9.83. The summed E-state index contributed by atoms with van der Waals surface area (Å²) in [5, 5.41) is 2.78. The molecule has 0 bridgehead atoms. The van der Waals surface area contributed by atoms with Crippen LogP contribution in [0.1, 0.15) is 24.2 Å². The van der Waals surface area contributed by atoms with Crippen molar-refractivity contribution in [3.63, 3.8) is 0 Å². The molecule has 1 aliphatic rings. The molecule has 15 heavy (non-hydrogen) atoms. The van der Waals surface area contributed by atoms with Gasteiger partial charge in [-0.2, -0.15) is 0 Å². The number of carbonyl (C=O) groups is 1. The van der Waals surface area contributed by atoms with E-state index in [1.807, 2.05) is 13.8 Å². The molecule has 0 aliphatic carbocycles. The van der Waals surface area contributed by atoms with E-state index in [0.29, 0.717) is 17.0 Å². The van der Waals surface area contributed by atoms with Gasteiger partial charge < -0.3 is 15.8 Å². The van der Waals surface area contributed by atoms with Crippen LogP contribution < -0.4 is 15.8 Å². The quantitative estimate of drug-likeness (QED) is 0.682. The van der Waals surface area contributed by atoms with Crippen LogP contribution in [0, 0.1) is 5.92 Å². The Morgan fingerprint density at radius 2 is 2.20 bits per heavy atom. The molecule has 4 heteroatoms. The monoisotopic (exact) mass is 206 g/mol. The van der Waals surface area contributed by atoms with E-state index < -0.39 is 0 Å². The van der Waals surface area contributed by atoms with Gasteiger partial charge in [0.25, 0.3) is 5.91 Å². The average Bonchev–Trinajstić information content (AvgIpc) is 2.18. The maximum absolute atomic E-state index is 11.7. The smallest absolute Gasteiger partial charge is 0.257 e. The number of fused-ring (bicyclic) bond motifs is 1. The van der Waals surface area contributed by atoms with Gasteiger partial charge in [0.15, 0.2) is 6.23 Å². The number of nitrogens with two attached hydrogens (primary N) is 1. The molecule has 1 aromatic carbocycles. The Morgan fingerprint density at radius 1 is 1.47 bits per heavy atom. The van der Waals surface area contributed by atoms with Crippen LogP contribution in [0.5, 0.6) is 5.75 Å². The van der Waals surface area contributed by atoms with Crippen LogP contribution >= 0.6 is 0 Å². The number of hydrogen-bond acceptors (Lipinski definition) is 3. The van der Waals surface area contributed by atoms with E-state index in [1.165, 1.54) is 0 Å². The molecule has 1 atom stereocenters. The number of hydrogen-bond donors (Lipinski definition) is 2. The molecule has 1 amide bonds. The first-order chi connectivity index (χ1) is 7.08. The topological polar surface area (TPSA) is 64.4 Å². The summed E-state index contributed by atoms with van der Waals surface area (Å²) in [5.41, 5.74) is 6.67. The summed E-state index contributed by atoms with van der Waals surface area (Å²) in [5.74, 6) is 0.716. The van der Waals surface area contributed by atoms with Crippen molar-refractivity contribution in [2.24, 2.45) is 5.92 Å². The summed E-state index contributed by atoms with van der Waals surface area (Å²) in [6.07, 6.45) is -0.256. The molecule has 0 radical (unpaired) electrons. The van der Waals surface area contributed by atoms with E-state index in [1.54, 1.807) is 18.2 Å². The van der Waals surface area contributed by atoms with Gasteiger partial charge in [0.2, 0.25) is 0 Å². The van der Waals surface area contributed by atoms with Crippen molar-refractivity contribution in [3.05, 3.63) is 23.8 Å². The molecule has 3 N–H and O–H groups in total. The highest BCUT2D eigenvalue weighted by Gasteiger charge is 2.27. The molecule has 0 aromatic heterocycles. The van der Waals surface area contributed by atoms with Crippen LogP contribution in [0.15, 0.2) is 18.2 Å². The molecule has 0 spiro atoms. The molecule has 1 aromatic rings. The van der Waals surface area contributed by atoms with Gasteiger partial charge in [-0.05, 0) is 18.2 Å². The van der Waals surface area contributed by atoms with Gasteiger partial charge in [0, 0.05) is 11.6 Å². The Kier molecular flexibility index (Phi) is 2.26. The lowest BCUT2D eigenvalue weighted by Gasteiger charge is -2.29. The number of anilines is 1. The van der Waals surface area contributed by atoms with E-state index in [9.17, 15) is 4.79 Å². The standard InChI is InChI=1S/C11H14N2O2/c1-6(2)11-13-10(14)8-5-7(12)3-4-9(8)15-11/h3-6,11H,12H2,1-2H3,(H,13,14). The van der Waals surface area contributed by atoms with Crippen molar-refractivity contribution in [3.8, 4) is 5.75 Å². The molecule has 0 fully saturated rings. The summed E-state index contributed by atoms with van der Waals surface area (Å²) in [7, 11) is 0. The molecule has 1 aliphatic heterocycles. The van der Waals surface area contributed by atoms with E-state index in [0.717, 1.165) is 0 Å². The number of rotatable bonds is 1. The first-order valence-electron chi connectivity index (χ1n) is 4.95. The number of ether oxygens (including phenoxy) is 1. The van der Waals surface area contributed by atoms with Crippen LogP contribution in [0.4, 0.5) is 5.69 Å². The number of nitrogens with one attached hydrogen (secondary N) is 1. The van der Waals surface area contributed by atoms with Crippen LogP contribution in [-0.4, -0.2) is 12.1 Å². The highest BCUT2D eigenvalue weighted by Crippen LogP contribution is 2.26. The van der Waals surface area contributed by atoms with Crippen molar-refractivity contribution in [2.75, 3.05) is 5.73 Å². The second-order valence-corrected chi connectivity index (χ2v) is 4.01. The summed E-state index contributed by atoms with van der Waals surface area (Å²) in [6, 6.07) is 5.09. The number of benzene rings is 1. The normalized spacial score (nSPS) is 19.4. The van der Waals surface area contributed by atoms with Crippen LogP contribution in [0.25, 0.3) is 0 Å². The zero-order valence-corrected chi connectivity index (χ0v) is 8.78. The van der Waals surface area contributed by atoms with Crippen LogP contribution in [0.2, 0.25) is 0 Å². The lowest BCUT2D eigenvalue weighted by atomic mass is 10.1. The van der Waals surface area contributed by atoms with Gasteiger partial charge in [-0.3, -0.25) is 4.79 Å². The third-order valence-electron chi connectivity index (χ3n) is 2.38. The molecular formula is C11H14N2O2. The Morgan fingerprint density at radius 3 is 2.87 bits per heavy atom. The summed E-state index contributed by atoms with van der Waals surface area (Å²) < 4.78 is 5.63. The molecule has 4 nitrogen and oxygen atoms in total. The van der Waals surface area contributed by atoms with Crippen molar-refractivity contribution < 1.29 is 9.53 Å². The summed E-state index contributed by atoms with van der Waals surface area (Å²) in [4.78, 5) is 11.7. The van der Waals surface area contributed by atoms with Gasteiger partial charge in [0.1, 0.15) is 5.75 Å². The van der Waals surface area contributed by atoms with Gasteiger partial charge in [0.05, 0.1) is 5.56 Å². The van der Waals surface area contributed by atoms with E-state index in [2.05, 4.69) is 5.32 Å². The third-order valence-corrected chi connectivity index (χ3v) is 2.38. The van der Waals surface area contributed by atoms with Crippen molar-refractivity contribution in [2.45, 2.75) is 20.1 Å². The third kappa shape index (κ3) is 1.75. The minimum Gasteiger partial charge on any atom is -0.470 e. The fourth-order valence-electron chi connectivity index (χ4n) is 1.50. The molecule has 1 unspecified atom stereocenters. The SMILES string of the molecule is CC(C)C1NC(=O)c2cc(N)ccc2O1. The van der Waals surface area contributed by atoms with Gasteiger partial charge in [-0.15, -0.1) is 0 Å². The lowest BCUT2D eigenvalue weighted by Crippen LogP contribution is -2.46. The molecule has 0 saturated heterocycles. The lowest BCUT2D eigenvalue weighted by molar-refractivity contribution is 0.0644. The number of amides is 1. The Hall–Kier alpha value is -1.71. The Bertz CT molecular complexity index is 402. The highest BCUT2D eigenvalue weighted by molar-refractivity contribution is 5.98. The summed E-state index contributed by atoms with van der Waals surface area (Å²) in [6.45, 7) is 3.99. The Balaban J connectivity index is 2.37. The minimum atomic E-state index is -0.256. The van der Waals surface area contributed by atoms with Crippen molar-refractivity contribution in [1.82, 2.24) is 5.32 Å². The van der Waals surface area contributed by atoms with Crippen molar-refractivity contribution >= 4 is 11.6 Å². The molecule has 2 rings (SSSR count). The maximum atomic E-state index is 11.7. The molecule has 1 heterocycles. The van der Waals surface area contributed by atoms with Gasteiger partial charge in [-0.25, -0.2) is 0 Å². The average molecular weight is 206 g/mol. The second kappa shape index (κ2) is 3.46. The van der Waals surface area contributed by atoms with Gasteiger partial charge >= 0.3 is 0 Å². The first-order valence-corrected chi connectivity index (χ1v) is 4.95. The summed E-state index contributed by atoms with van der Waals surface area (Å²) >= 11 is 0. The zero-order valence-electron chi connectivity index (χ0n) is 8.78. The van der Waals surface area contributed by atoms with E-state index in [4.69, 9.17) is 10.5 Å². The predicted molar refractivity (Wildman–Crippen MR) is 57.6 cm³/mol. The molecule has 80 valence electrons. The van der Waals surface area contributed by atoms with Crippen LogP contribution in [0.3, 0.4) is 0 Å². The fraction of sp³-hybridized carbons (Fsp3) is 0.364. The predicted octanol–water partition coefficient (Wildman–Crippen LogP) is 1.37. The second-order valence-electron chi connectivity index (χ2n) is 4.01. The molecule has 0 saturated carbocycles. The molecular weight excluding hydrogens is 192 g/mol. The van der Waals surface area contributed by atoms with Crippen molar-refractivity contribution in [1.29, 1.82) is 0 Å². The van der Waals surface area contributed by atoms with Crippen LogP contribution in [-0.2, 0) is 0 Å². The minimum absolute atomic E-state index is 0.123. The zero-order chi connectivity index (χ0) is 11.0. The van der Waals surface area contributed by atoms with Gasteiger partial charge in [-0.1, -0.05) is 13.8 Å². The largest absolute Gasteiger partial charge is 0.470 e. The van der Waals surface area contributed by atoms with E-state index >= 15 is 0 Å². The number of nitrogen functional groups attached to an aromatic ring is 1. The Labute approximate surface area is 88.4 Å². The van der Waals surface area contributed by atoms with E-state index in [-0.39, 0.29) is 18.1 Å². The maximum Gasteiger partial charge on any atom is 0.257 e. The number of carbonyl (C=O) groups excluding carboxylic acids is 1. The highest BCUT2D eigenvalue weighted by atomic mass is 16.5. The fourth-order valence-corrected chi connectivity index (χ4v) is 1.50.